The molecule has 1 aromatic rings. The second-order valence-corrected chi connectivity index (χ2v) is 3.19. The van der Waals surface area contributed by atoms with Crippen molar-refractivity contribution in [1.82, 2.24) is 14.9 Å². The molecule has 0 aliphatic rings. The van der Waals surface area contributed by atoms with Crippen LogP contribution in [0.3, 0.4) is 0 Å². The number of carbonyl (C=O) groups excluding carboxylic acids is 1. The smallest absolute Gasteiger partial charge is 0.356 e. The van der Waals surface area contributed by atoms with Crippen molar-refractivity contribution in [2.75, 3.05) is 13.1 Å². The molecule has 0 saturated heterocycles. The molecule has 7 nitrogen and oxygen atoms in total. The molecule has 0 atom stereocenters. The number of aromatic nitrogens is 2. The fourth-order valence-corrected chi connectivity index (χ4v) is 1.14. The van der Waals surface area contributed by atoms with Gasteiger partial charge < -0.3 is 20.7 Å². The third-order valence-electron chi connectivity index (χ3n) is 1.92. The lowest BCUT2D eigenvalue weighted by Crippen LogP contribution is -2.28. The van der Waals surface area contributed by atoms with E-state index in [0.29, 0.717) is 26.1 Å². The molecule has 1 rings (SSSR count). The number of rotatable bonds is 6. The van der Waals surface area contributed by atoms with Crippen LogP contribution in [0.4, 0.5) is 0 Å². The predicted molar refractivity (Wildman–Crippen MR) is 55.9 cm³/mol. The van der Waals surface area contributed by atoms with E-state index in [1.807, 2.05) is 0 Å². The molecular formula is C9H14N4O3. The van der Waals surface area contributed by atoms with Gasteiger partial charge in [-0.3, -0.25) is 4.79 Å². The van der Waals surface area contributed by atoms with E-state index in [4.69, 9.17) is 10.8 Å². The van der Waals surface area contributed by atoms with Crippen LogP contribution in [0.1, 0.15) is 16.9 Å². The minimum Gasteiger partial charge on any atom is -0.476 e. The van der Waals surface area contributed by atoms with Crippen LogP contribution in [0, 0.1) is 0 Å². The number of carbonyl (C=O) groups is 2. The molecule has 0 aromatic carbocycles. The van der Waals surface area contributed by atoms with Gasteiger partial charge in [0.05, 0.1) is 6.33 Å². The quantitative estimate of drug-likeness (QED) is 0.579. The van der Waals surface area contributed by atoms with Crippen molar-refractivity contribution in [2.24, 2.45) is 5.73 Å². The Kier molecular flexibility index (Phi) is 4.46. The third-order valence-corrected chi connectivity index (χ3v) is 1.92. The lowest BCUT2D eigenvalue weighted by molar-refractivity contribution is -0.120. The second-order valence-electron chi connectivity index (χ2n) is 3.19. The summed E-state index contributed by atoms with van der Waals surface area (Å²) in [5.74, 6) is -1.17. The van der Waals surface area contributed by atoms with E-state index in [-0.39, 0.29) is 11.6 Å². The summed E-state index contributed by atoms with van der Waals surface area (Å²) in [4.78, 5) is 25.2. The summed E-state index contributed by atoms with van der Waals surface area (Å²) in [6, 6.07) is 0. The molecular weight excluding hydrogens is 212 g/mol. The lowest BCUT2D eigenvalue weighted by atomic mass is 10.4. The number of aromatic carboxylic acids is 1. The number of nitrogens with one attached hydrogen (secondary N) is 1. The van der Waals surface area contributed by atoms with Gasteiger partial charge in [0.15, 0.2) is 5.69 Å². The molecule has 88 valence electrons. The van der Waals surface area contributed by atoms with Crippen LogP contribution in [-0.2, 0) is 11.3 Å². The summed E-state index contributed by atoms with van der Waals surface area (Å²) in [6.45, 7) is 1.23. The Hall–Kier alpha value is -1.89. The molecule has 7 heteroatoms. The van der Waals surface area contributed by atoms with Crippen LogP contribution in [0.15, 0.2) is 12.5 Å². The van der Waals surface area contributed by atoms with Crippen molar-refractivity contribution in [2.45, 2.75) is 13.0 Å². The average molecular weight is 226 g/mol. The molecule has 0 fully saturated rings. The van der Waals surface area contributed by atoms with E-state index in [9.17, 15) is 9.59 Å². The Bertz CT molecular complexity index is 375. The number of carboxylic acids is 1. The minimum absolute atomic E-state index is 0.00622. The normalized spacial score (nSPS) is 10.1. The zero-order valence-electron chi connectivity index (χ0n) is 8.72. The highest BCUT2D eigenvalue weighted by Crippen LogP contribution is 1.95. The van der Waals surface area contributed by atoms with Crippen molar-refractivity contribution in [3.05, 3.63) is 18.2 Å². The SMILES string of the molecule is NCCC(=O)NCCn1cnc(C(=O)O)c1. The van der Waals surface area contributed by atoms with E-state index >= 15 is 0 Å². The Morgan fingerprint density at radius 3 is 2.88 bits per heavy atom. The fraction of sp³-hybridized carbons (Fsp3) is 0.444. The van der Waals surface area contributed by atoms with E-state index < -0.39 is 5.97 Å². The highest BCUT2D eigenvalue weighted by molar-refractivity contribution is 5.84. The van der Waals surface area contributed by atoms with Crippen molar-refractivity contribution < 1.29 is 14.7 Å². The number of hydrogen-bond donors (Lipinski definition) is 3. The molecule has 1 amide bonds. The highest BCUT2D eigenvalue weighted by Gasteiger charge is 2.06. The van der Waals surface area contributed by atoms with Crippen LogP contribution in [-0.4, -0.2) is 39.6 Å². The Morgan fingerprint density at radius 2 is 2.31 bits per heavy atom. The molecule has 4 N–H and O–H groups in total. The molecule has 0 radical (unpaired) electrons. The van der Waals surface area contributed by atoms with Crippen molar-refractivity contribution >= 4 is 11.9 Å². The second kappa shape index (κ2) is 5.86. The van der Waals surface area contributed by atoms with E-state index in [1.54, 1.807) is 4.57 Å². The largest absolute Gasteiger partial charge is 0.476 e. The summed E-state index contributed by atoms with van der Waals surface area (Å²) in [5.41, 5.74) is 5.20. The predicted octanol–water partition coefficient (Wildman–Crippen LogP) is -0.954. The standard InChI is InChI=1S/C9H14N4O3/c10-2-1-8(14)11-3-4-13-5-7(9(15)16)12-6-13/h5-6H,1-4,10H2,(H,11,14)(H,15,16). The summed E-state index contributed by atoms with van der Waals surface area (Å²) in [5, 5.41) is 11.3. The monoisotopic (exact) mass is 226 g/mol. The van der Waals surface area contributed by atoms with Crippen LogP contribution in [0.2, 0.25) is 0 Å². The fourth-order valence-electron chi connectivity index (χ4n) is 1.14. The Balaban J connectivity index is 2.32. The summed E-state index contributed by atoms with van der Waals surface area (Å²) < 4.78 is 1.60. The van der Waals surface area contributed by atoms with Gasteiger partial charge in [0, 0.05) is 32.3 Å². The van der Waals surface area contributed by atoms with Gasteiger partial charge in [0.2, 0.25) is 5.91 Å². The van der Waals surface area contributed by atoms with Crippen molar-refractivity contribution in [3.8, 4) is 0 Å². The average Bonchev–Trinajstić information content (AvgIpc) is 2.67. The molecule has 16 heavy (non-hydrogen) atoms. The molecule has 0 unspecified atom stereocenters. The van der Waals surface area contributed by atoms with Gasteiger partial charge in [-0.25, -0.2) is 9.78 Å². The lowest BCUT2D eigenvalue weighted by Gasteiger charge is -2.04. The molecule has 1 aromatic heterocycles. The maximum Gasteiger partial charge on any atom is 0.356 e. The van der Waals surface area contributed by atoms with Crippen LogP contribution >= 0.6 is 0 Å². The maximum atomic E-state index is 11.0. The maximum absolute atomic E-state index is 11.0. The number of nitrogens with two attached hydrogens (primary N) is 1. The molecule has 0 saturated carbocycles. The number of carboxylic acid groups (broad SMARTS) is 1. The Morgan fingerprint density at radius 1 is 1.56 bits per heavy atom. The highest BCUT2D eigenvalue weighted by atomic mass is 16.4. The van der Waals surface area contributed by atoms with Crippen LogP contribution in [0.25, 0.3) is 0 Å². The van der Waals surface area contributed by atoms with E-state index in [1.165, 1.54) is 12.5 Å². The molecule has 0 spiro atoms. The number of amides is 1. The molecule has 0 aliphatic carbocycles. The topological polar surface area (TPSA) is 110 Å². The first-order valence-corrected chi connectivity index (χ1v) is 4.85. The van der Waals surface area contributed by atoms with Gasteiger partial charge in [-0.2, -0.15) is 0 Å². The van der Waals surface area contributed by atoms with E-state index in [2.05, 4.69) is 10.3 Å². The number of nitrogens with zero attached hydrogens (tertiary/aromatic N) is 2. The van der Waals surface area contributed by atoms with Crippen LogP contribution in [0.5, 0.6) is 0 Å². The first-order chi connectivity index (χ1) is 7.63. The van der Waals surface area contributed by atoms with Crippen molar-refractivity contribution in [1.29, 1.82) is 0 Å². The Labute approximate surface area is 92.3 Å². The van der Waals surface area contributed by atoms with E-state index in [0.717, 1.165) is 0 Å². The summed E-state index contributed by atoms with van der Waals surface area (Å²) >= 11 is 0. The van der Waals surface area contributed by atoms with Gasteiger partial charge in [-0.1, -0.05) is 0 Å². The van der Waals surface area contributed by atoms with Gasteiger partial charge in [0.25, 0.3) is 0 Å². The third kappa shape index (κ3) is 3.70. The summed E-state index contributed by atoms with van der Waals surface area (Å²) in [7, 11) is 0. The van der Waals surface area contributed by atoms with Crippen LogP contribution < -0.4 is 11.1 Å². The first kappa shape index (κ1) is 12.2. The first-order valence-electron chi connectivity index (χ1n) is 4.85. The van der Waals surface area contributed by atoms with Gasteiger partial charge in [-0.05, 0) is 0 Å². The number of imidazole rings is 1. The van der Waals surface area contributed by atoms with Gasteiger partial charge >= 0.3 is 5.97 Å². The van der Waals surface area contributed by atoms with Gasteiger partial charge in [-0.15, -0.1) is 0 Å². The molecule has 0 aliphatic heterocycles. The zero-order chi connectivity index (χ0) is 12.0. The molecule has 1 heterocycles. The molecule has 0 bridgehead atoms. The zero-order valence-corrected chi connectivity index (χ0v) is 8.72. The van der Waals surface area contributed by atoms with Crippen molar-refractivity contribution in [3.63, 3.8) is 0 Å². The minimum atomic E-state index is -1.06. The van der Waals surface area contributed by atoms with Gasteiger partial charge in [0.1, 0.15) is 0 Å². The number of hydrogen-bond acceptors (Lipinski definition) is 4. The summed E-state index contributed by atoms with van der Waals surface area (Å²) in [6.07, 6.45) is 3.13.